The normalized spacial score (nSPS) is 16.5. The Kier molecular flexibility index (Phi) is 3.61. The van der Waals surface area contributed by atoms with E-state index < -0.39 is 0 Å². The molecule has 0 saturated carbocycles. The maximum Gasteiger partial charge on any atom is 0.226 e. The van der Waals surface area contributed by atoms with Gasteiger partial charge in [0.1, 0.15) is 0 Å². The quantitative estimate of drug-likeness (QED) is 0.807. The number of amides is 1. The summed E-state index contributed by atoms with van der Waals surface area (Å²) < 4.78 is 1.97. The average molecular weight is 318 g/mol. The van der Waals surface area contributed by atoms with E-state index in [1.54, 1.807) is 12.4 Å². The van der Waals surface area contributed by atoms with Crippen LogP contribution in [0.2, 0.25) is 0 Å². The number of aromatic nitrogens is 3. The number of benzene rings is 1. The fraction of sp³-hybridized carbons (Fsp3) is 0.211. The highest BCUT2D eigenvalue weighted by atomic mass is 16.1. The number of nitrogens with zero attached hydrogens (tertiary/aromatic N) is 3. The van der Waals surface area contributed by atoms with Gasteiger partial charge in [-0.25, -0.2) is 0 Å². The van der Waals surface area contributed by atoms with Gasteiger partial charge >= 0.3 is 0 Å². The second kappa shape index (κ2) is 5.92. The number of rotatable bonds is 3. The Morgan fingerprint density at radius 3 is 2.67 bits per heavy atom. The Labute approximate surface area is 140 Å². The Morgan fingerprint density at radius 1 is 1.17 bits per heavy atom. The number of carbonyl (C=O) groups is 1. The molecule has 1 aromatic carbocycles. The van der Waals surface area contributed by atoms with Crippen molar-refractivity contribution in [2.24, 2.45) is 0 Å². The molecule has 1 aliphatic rings. The summed E-state index contributed by atoms with van der Waals surface area (Å²) in [6, 6.07) is 14.2. The Balaban J connectivity index is 1.76. The van der Waals surface area contributed by atoms with E-state index in [2.05, 4.69) is 34.5 Å². The van der Waals surface area contributed by atoms with Crippen LogP contribution in [-0.2, 0) is 11.3 Å². The first kappa shape index (κ1) is 14.6. The largest absolute Gasteiger partial charge is 0.309 e. The smallest absolute Gasteiger partial charge is 0.226 e. The summed E-state index contributed by atoms with van der Waals surface area (Å²) >= 11 is 0. The highest BCUT2D eigenvalue weighted by Gasteiger charge is 2.31. The zero-order chi connectivity index (χ0) is 16.5. The van der Waals surface area contributed by atoms with Crippen LogP contribution in [0.1, 0.15) is 34.7 Å². The number of hydrogen-bond donors (Lipinski definition) is 1. The van der Waals surface area contributed by atoms with Crippen molar-refractivity contribution in [1.82, 2.24) is 14.8 Å². The molecule has 0 radical (unpaired) electrons. The van der Waals surface area contributed by atoms with E-state index >= 15 is 0 Å². The number of carbonyl (C=O) groups excluding carboxylic acids is 1. The van der Waals surface area contributed by atoms with Crippen LogP contribution in [0.25, 0.3) is 0 Å². The molecule has 0 saturated heterocycles. The minimum atomic E-state index is 0.00803. The summed E-state index contributed by atoms with van der Waals surface area (Å²) in [6.07, 6.45) is 3.98. The van der Waals surface area contributed by atoms with Crippen LogP contribution >= 0.6 is 0 Å². The van der Waals surface area contributed by atoms with Crippen LogP contribution in [0.4, 0.5) is 5.82 Å². The first-order valence-corrected chi connectivity index (χ1v) is 8.03. The maximum absolute atomic E-state index is 12.1. The first-order chi connectivity index (χ1) is 11.7. The number of nitrogens with one attached hydrogen (secondary N) is 1. The fourth-order valence-electron chi connectivity index (χ4n) is 3.33. The molecule has 1 N–H and O–H groups in total. The van der Waals surface area contributed by atoms with Crippen molar-refractivity contribution in [2.75, 3.05) is 5.32 Å². The van der Waals surface area contributed by atoms with E-state index in [0.717, 1.165) is 16.8 Å². The molecule has 5 nitrogen and oxygen atoms in total. The summed E-state index contributed by atoms with van der Waals surface area (Å²) in [7, 11) is 0. The highest BCUT2D eigenvalue weighted by molar-refractivity contribution is 5.94. The molecule has 1 amide bonds. The Hall–Kier alpha value is -2.95. The SMILES string of the molecule is Cc1c2c(nn1Cc1ccccc1)NC(=O)CC2c1ccncc1. The Bertz CT molecular complexity index is 871. The molecule has 5 heteroatoms. The van der Waals surface area contributed by atoms with E-state index in [0.29, 0.717) is 18.8 Å². The third-order valence-corrected chi connectivity index (χ3v) is 4.53. The van der Waals surface area contributed by atoms with Crippen LogP contribution in [-0.4, -0.2) is 20.7 Å². The van der Waals surface area contributed by atoms with Crippen molar-refractivity contribution < 1.29 is 4.79 Å². The fourth-order valence-corrected chi connectivity index (χ4v) is 3.33. The molecule has 3 aromatic rings. The van der Waals surface area contributed by atoms with Gasteiger partial charge in [0, 0.05) is 36.0 Å². The predicted molar refractivity (Wildman–Crippen MR) is 91.8 cm³/mol. The van der Waals surface area contributed by atoms with Crippen LogP contribution in [0.3, 0.4) is 0 Å². The van der Waals surface area contributed by atoms with Gasteiger partial charge in [-0.15, -0.1) is 0 Å². The van der Waals surface area contributed by atoms with Crippen molar-refractivity contribution in [2.45, 2.75) is 25.8 Å². The highest BCUT2D eigenvalue weighted by Crippen LogP contribution is 2.38. The van der Waals surface area contributed by atoms with E-state index in [9.17, 15) is 4.79 Å². The zero-order valence-electron chi connectivity index (χ0n) is 13.4. The van der Waals surface area contributed by atoms with E-state index in [-0.39, 0.29) is 11.8 Å². The summed E-state index contributed by atoms with van der Waals surface area (Å²) in [5, 5.41) is 7.56. The zero-order valence-corrected chi connectivity index (χ0v) is 13.4. The molecular weight excluding hydrogens is 300 g/mol. The monoisotopic (exact) mass is 318 g/mol. The Morgan fingerprint density at radius 2 is 1.92 bits per heavy atom. The van der Waals surface area contributed by atoms with E-state index in [4.69, 9.17) is 0 Å². The van der Waals surface area contributed by atoms with E-state index in [1.807, 2.05) is 35.0 Å². The van der Waals surface area contributed by atoms with Gasteiger partial charge in [-0.1, -0.05) is 30.3 Å². The maximum atomic E-state index is 12.1. The molecular formula is C19H18N4O. The second-order valence-electron chi connectivity index (χ2n) is 6.08. The van der Waals surface area contributed by atoms with Crippen molar-refractivity contribution >= 4 is 11.7 Å². The molecule has 3 heterocycles. The molecule has 0 spiro atoms. The van der Waals surface area contributed by atoms with Crippen LogP contribution < -0.4 is 5.32 Å². The van der Waals surface area contributed by atoms with Gasteiger partial charge in [0.2, 0.25) is 5.91 Å². The van der Waals surface area contributed by atoms with E-state index in [1.165, 1.54) is 5.56 Å². The third kappa shape index (κ3) is 2.58. The van der Waals surface area contributed by atoms with Crippen molar-refractivity contribution in [3.05, 3.63) is 77.2 Å². The lowest BCUT2D eigenvalue weighted by molar-refractivity contribution is -0.116. The van der Waals surface area contributed by atoms with Gasteiger partial charge in [-0.2, -0.15) is 5.10 Å². The van der Waals surface area contributed by atoms with Gasteiger partial charge in [-0.05, 0) is 30.2 Å². The van der Waals surface area contributed by atoms with Crippen LogP contribution in [0.15, 0.2) is 54.9 Å². The van der Waals surface area contributed by atoms with Crippen molar-refractivity contribution in [3.63, 3.8) is 0 Å². The second-order valence-corrected chi connectivity index (χ2v) is 6.08. The third-order valence-electron chi connectivity index (χ3n) is 4.53. The minimum Gasteiger partial charge on any atom is -0.309 e. The molecule has 0 aliphatic carbocycles. The molecule has 1 unspecified atom stereocenters. The number of pyridine rings is 1. The van der Waals surface area contributed by atoms with Crippen LogP contribution in [0.5, 0.6) is 0 Å². The summed E-state index contributed by atoms with van der Waals surface area (Å²) in [5.41, 5.74) is 4.49. The lowest BCUT2D eigenvalue weighted by Gasteiger charge is -2.22. The molecule has 24 heavy (non-hydrogen) atoms. The van der Waals surface area contributed by atoms with Gasteiger partial charge in [0.15, 0.2) is 5.82 Å². The van der Waals surface area contributed by atoms with Crippen molar-refractivity contribution in [1.29, 1.82) is 0 Å². The lowest BCUT2D eigenvalue weighted by Crippen LogP contribution is -2.23. The minimum absolute atomic E-state index is 0.00803. The molecule has 1 aliphatic heterocycles. The summed E-state index contributed by atoms with van der Waals surface area (Å²) in [6.45, 7) is 2.76. The molecule has 1 atom stereocenters. The molecule has 4 rings (SSSR count). The number of anilines is 1. The number of hydrogen-bond acceptors (Lipinski definition) is 3. The summed E-state index contributed by atoms with van der Waals surface area (Å²) in [5.74, 6) is 0.719. The number of fused-ring (bicyclic) bond motifs is 1. The topological polar surface area (TPSA) is 59.8 Å². The van der Waals surface area contributed by atoms with Gasteiger partial charge in [-0.3, -0.25) is 14.5 Å². The van der Waals surface area contributed by atoms with Crippen molar-refractivity contribution in [3.8, 4) is 0 Å². The lowest BCUT2D eigenvalue weighted by atomic mass is 9.86. The molecule has 2 aromatic heterocycles. The average Bonchev–Trinajstić information content (AvgIpc) is 2.91. The summed E-state index contributed by atoms with van der Waals surface area (Å²) in [4.78, 5) is 16.2. The van der Waals surface area contributed by atoms with Gasteiger partial charge < -0.3 is 5.32 Å². The van der Waals surface area contributed by atoms with Crippen LogP contribution in [0, 0.1) is 6.92 Å². The predicted octanol–water partition coefficient (Wildman–Crippen LogP) is 3.11. The molecule has 120 valence electrons. The van der Waals surface area contributed by atoms with Gasteiger partial charge in [0.05, 0.1) is 6.54 Å². The van der Waals surface area contributed by atoms with Gasteiger partial charge in [0.25, 0.3) is 0 Å². The first-order valence-electron chi connectivity index (χ1n) is 8.03. The molecule has 0 fully saturated rings. The molecule has 0 bridgehead atoms. The standard InChI is InChI=1S/C19H18N4O/c1-13-18-16(15-7-9-20-10-8-15)11-17(24)21-19(18)22-23(13)12-14-5-3-2-4-6-14/h2-10,16H,11-12H2,1H3,(H,21,22,24).